The first kappa shape index (κ1) is 17.3. The van der Waals surface area contributed by atoms with Crippen molar-refractivity contribution < 1.29 is 9.53 Å². The predicted molar refractivity (Wildman–Crippen MR) is 101 cm³/mol. The molecule has 0 aliphatic rings. The first-order valence-electron chi connectivity index (χ1n) is 8.13. The summed E-state index contributed by atoms with van der Waals surface area (Å²) in [6.45, 7) is 1.94. The molecular formula is C21H19N3O2. The molecule has 130 valence electrons. The molecule has 0 saturated heterocycles. The van der Waals surface area contributed by atoms with E-state index in [4.69, 9.17) is 4.74 Å². The van der Waals surface area contributed by atoms with E-state index in [1.807, 2.05) is 49.4 Å². The Bertz CT molecular complexity index is 1010. The van der Waals surface area contributed by atoms with E-state index < -0.39 is 0 Å². The molecule has 0 saturated carbocycles. The van der Waals surface area contributed by atoms with Crippen molar-refractivity contribution in [2.24, 2.45) is 7.05 Å². The summed E-state index contributed by atoms with van der Waals surface area (Å²) in [5.41, 5.74) is 3.89. The van der Waals surface area contributed by atoms with Crippen LogP contribution in [0, 0.1) is 18.8 Å². The molecule has 1 N–H and O–H groups in total. The Morgan fingerprint density at radius 3 is 2.65 bits per heavy atom. The highest BCUT2D eigenvalue weighted by atomic mass is 16.5. The number of aryl methyl sites for hydroxylation is 2. The molecule has 0 aliphatic heterocycles. The van der Waals surface area contributed by atoms with Crippen LogP contribution in [0.15, 0.2) is 54.7 Å². The second-order valence-corrected chi connectivity index (χ2v) is 5.77. The summed E-state index contributed by atoms with van der Waals surface area (Å²) in [5.74, 6) is 6.81. The molecule has 0 aliphatic carbocycles. The lowest BCUT2D eigenvalue weighted by Crippen LogP contribution is -2.16. The molecule has 0 bridgehead atoms. The molecule has 5 heteroatoms. The van der Waals surface area contributed by atoms with E-state index in [-0.39, 0.29) is 5.91 Å². The van der Waals surface area contributed by atoms with Crippen molar-refractivity contribution in [1.82, 2.24) is 9.78 Å². The van der Waals surface area contributed by atoms with Crippen LogP contribution in [0.3, 0.4) is 0 Å². The number of methoxy groups -OCH3 is 1. The maximum Gasteiger partial charge on any atom is 0.273 e. The van der Waals surface area contributed by atoms with Gasteiger partial charge in [-0.3, -0.25) is 9.48 Å². The van der Waals surface area contributed by atoms with Crippen LogP contribution in [-0.4, -0.2) is 22.8 Å². The second-order valence-electron chi connectivity index (χ2n) is 5.77. The zero-order valence-corrected chi connectivity index (χ0v) is 14.9. The van der Waals surface area contributed by atoms with Crippen LogP contribution in [0.5, 0.6) is 5.75 Å². The number of benzene rings is 2. The predicted octanol–water partition coefficient (Wildman–Crippen LogP) is 3.39. The number of para-hydroxylation sites is 1. The Morgan fingerprint density at radius 1 is 1.15 bits per heavy atom. The van der Waals surface area contributed by atoms with Crippen molar-refractivity contribution in [1.29, 1.82) is 0 Å². The highest BCUT2D eigenvalue weighted by Gasteiger charge is 2.11. The van der Waals surface area contributed by atoms with E-state index in [0.717, 1.165) is 28.1 Å². The molecule has 0 radical (unpaired) electrons. The fourth-order valence-electron chi connectivity index (χ4n) is 2.55. The van der Waals surface area contributed by atoms with Gasteiger partial charge in [-0.25, -0.2) is 0 Å². The van der Waals surface area contributed by atoms with Crippen LogP contribution < -0.4 is 10.1 Å². The molecule has 1 amide bonds. The quantitative estimate of drug-likeness (QED) is 0.740. The Labute approximate surface area is 152 Å². The maximum absolute atomic E-state index is 12.3. The summed E-state index contributed by atoms with van der Waals surface area (Å²) < 4.78 is 6.85. The van der Waals surface area contributed by atoms with Gasteiger partial charge in [0.2, 0.25) is 0 Å². The van der Waals surface area contributed by atoms with E-state index in [0.29, 0.717) is 5.69 Å². The summed E-state index contributed by atoms with van der Waals surface area (Å²) >= 11 is 0. The third kappa shape index (κ3) is 3.76. The molecule has 3 rings (SSSR count). The van der Waals surface area contributed by atoms with Gasteiger partial charge >= 0.3 is 0 Å². The SMILES string of the molecule is COc1ccccc1C#Cc1ccc(NC(=O)c2ccnn2C)c(C)c1. The number of carbonyl (C=O) groups excluding carboxylic acids is 1. The van der Waals surface area contributed by atoms with E-state index in [2.05, 4.69) is 22.3 Å². The van der Waals surface area contributed by atoms with Crippen molar-refractivity contribution >= 4 is 11.6 Å². The summed E-state index contributed by atoms with van der Waals surface area (Å²) in [7, 11) is 3.36. The van der Waals surface area contributed by atoms with Crippen molar-refractivity contribution in [3.05, 3.63) is 77.1 Å². The molecule has 0 atom stereocenters. The largest absolute Gasteiger partial charge is 0.495 e. The number of aromatic nitrogens is 2. The van der Waals surface area contributed by atoms with E-state index in [1.54, 1.807) is 26.4 Å². The van der Waals surface area contributed by atoms with Gasteiger partial charge in [-0.1, -0.05) is 24.0 Å². The normalized spacial score (nSPS) is 9.96. The fourth-order valence-corrected chi connectivity index (χ4v) is 2.55. The van der Waals surface area contributed by atoms with Gasteiger partial charge in [0, 0.05) is 24.5 Å². The highest BCUT2D eigenvalue weighted by molar-refractivity contribution is 6.03. The summed E-state index contributed by atoms with van der Waals surface area (Å²) in [4.78, 5) is 12.3. The molecule has 1 aromatic heterocycles. The van der Waals surface area contributed by atoms with Crippen LogP contribution in [0.25, 0.3) is 0 Å². The van der Waals surface area contributed by atoms with E-state index >= 15 is 0 Å². The molecular weight excluding hydrogens is 326 g/mol. The van der Waals surface area contributed by atoms with Crippen LogP contribution in [-0.2, 0) is 7.05 Å². The Balaban J connectivity index is 1.79. The third-order valence-electron chi connectivity index (χ3n) is 3.98. The number of anilines is 1. The van der Waals surface area contributed by atoms with Gasteiger partial charge in [0.1, 0.15) is 11.4 Å². The number of nitrogens with one attached hydrogen (secondary N) is 1. The van der Waals surface area contributed by atoms with Crippen LogP contribution >= 0.6 is 0 Å². The number of hydrogen-bond acceptors (Lipinski definition) is 3. The van der Waals surface area contributed by atoms with Crippen LogP contribution in [0.4, 0.5) is 5.69 Å². The molecule has 26 heavy (non-hydrogen) atoms. The van der Waals surface area contributed by atoms with Gasteiger partial charge in [0.25, 0.3) is 5.91 Å². The lowest BCUT2D eigenvalue weighted by molar-refractivity contribution is 0.101. The van der Waals surface area contributed by atoms with Crippen molar-refractivity contribution in [3.8, 4) is 17.6 Å². The maximum atomic E-state index is 12.3. The Hall–Kier alpha value is -3.52. The number of rotatable bonds is 3. The molecule has 2 aromatic carbocycles. The van der Waals surface area contributed by atoms with E-state index in [1.165, 1.54) is 4.68 Å². The van der Waals surface area contributed by atoms with Crippen LogP contribution in [0.2, 0.25) is 0 Å². The molecule has 0 unspecified atom stereocenters. The second kappa shape index (κ2) is 7.58. The minimum Gasteiger partial charge on any atom is -0.495 e. The third-order valence-corrected chi connectivity index (χ3v) is 3.98. The number of carbonyl (C=O) groups is 1. The van der Waals surface area contributed by atoms with Crippen molar-refractivity contribution in [3.63, 3.8) is 0 Å². The number of hydrogen-bond donors (Lipinski definition) is 1. The summed E-state index contributed by atoms with van der Waals surface area (Å²) in [5, 5.41) is 6.92. The number of amides is 1. The zero-order valence-electron chi connectivity index (χ0n) is 14.9. The van der Waals surface area contributed by atoms with Crippen molar-refractivity contribution in [2.45, 2.75) is 6.92 Å². The van der Waals surface area contributed by atoms with Crippen molar-refractivity contribution in [2.75, 3.05) is 12.4 Å². The monoisotopic (exact) mass is 345 g/mol. The van der Waals surface area contributed by atoms with E-state index in [9.17, 15) is 4.79 Å². The van der Waals surface area contributed by atoms with Gasteiger partial charge < -0.3 is 10.1 Å². The standard InChI is InChI=1S/C21H19N3O2/c1-15-14-16(8-10-17-6-4-5-7-20(17)26-3)9-11-18(15)23-21(25)19-12-13-22-24(19)2/h4-7,9,11-14H,1-3H3,(H,23,25). The summed E-state index contributed by atoms with van der Waals surface area (Å²) in [6, 6.07) is 15.0. The smallest absolute Gasteiger partial charge is 0.273 e. The Morgan fingerprint density at radius 2 is 1.96 bits per heavy atom. The molecule has 3 aromatic rings. The average molecular weight is 345 g/mol. The van der Waals surface area contributed by atoms with Crippen LogP contribution in [0.1, 0.15) is 27.2 Å². The number of nitrogens with zero attached hydrogens (tertiary/aromatic N) is 2. The number of ether oxygens (including phenoxy) is 1. The first-order chi connectivity index (χ1) is 12.6. The van der Waals surface area contributed by atoms with Gasteiger partial charge in [-0.2, -0.15) is 5.10 Å². The Kier molecular flexibility index (Phi) is 5.04. The lowest BCUT2D eigenvalue weighted by Gasteiger charge is -2.09. The van der Waals surface area contributed by atoms with Gasteiger partial charge in [0.05, 0.1) is 12.7 Å². The average Bonchev–Trinajstić information content (AvgIpc) is 3.08. The lowest BCUT2D eigenvalue weighted by atomic mass is 10.1. The first-order valence-corrected chi connectivity index (χ1v) is 8.13. The molecule has 1 heterocycles. The van der Waals surface area contributed by atoms with Gasteiger partial charge in [-0.05, 0) is 48.9 Å². The fraction of sp³-hybridized carbons (Fsp3) is 0.143. The molecule has 5 nitrogen and oxygen atoms in total. The minimum atomic E-state index is -0.194. The highest BCUT2D eigenvalue weighted by Crippen LogP contribution is 2.18. The van der Waals surface area contributed by atoms with Gasteiger partial charge in [-0.15, -0.1) is 0 Å². The summed E-state index contributed by atoms with van der Waals surface area (Å²) in [6.07, 6.45) is 1.60. The molecule has 0 fully saturated rings. The van der Waals surface area contributed by atoms with Gasteiger partial charge in [0.15, 0.2) is 0 Å². The minimum absolute atomic E-state index is 0.194. The topological polar surface area (TPSA) is 56.1 Å². The molecule has 0 spiro atoms. The zero-order chi connectivity index (χ0) is 18.5.